The molecule has 0 spiro atoms. The van der Waals surface area contributed by atoms with Crippen molar-refractivity contribution >= 4 is 16.6 Å². The standard InChI is InChI=1S/C28H30FN5O2/c1-17-15-34(16-23(30)27(17)35)25-9-11-31-14-20(25)6-8-21-7-5-18-3-4-19(13-24(18)32-21)22-10-12-33(2)28(36)26(22)29/h3-5,7,9-14,17,23,27,35H,6,8,15-16,30H2,1-2H3/t17-,23+,27+/m0/s1. The van der Waals surface area contributed by atoms with Gasteiger partial charge < -0.3 is 20.3 Å². The molecule has 0 saturated carbocycles. The van der Waals surface area contributed by atoms with Crippen molar-refractivity contribution in [1.29, 1.82) is 0 Å². The fourth-order valence-electron chi connectivity index (χ4n) is 4.98. The molecular weight excluding hydrogens is 457 g/mol. The molecule has 1 aliphatic heterocycles. The predicted molar refractivity (Wildman–Crippen MR) is 139 cm³/mol. The molecule has 0 aliphatic carbocycles. The van der Waals surface area contributed by atoms with Crippen LogP contribution >= 0.6 is 0 Å². The molecule has 1 fully saturated rings. The Morgan fingerprint density at radius 2 is 1.94 bits per heavy atom. The van der Waals surface area contributed by atoms with E-state index in [0.29, 0.717) is 18.5 Å². The highest BCUT2D eigenvalue weighted by atomic mass is 19.1. The number of aliphatic hydroxyl groups excluding tert-OH is 1. The normalized spacial score (nSPS) is 20.1. The Labute approximate surface area is 209 Å². The maximum absolute atomic E-state index is 14.6. The van der Waals surface area contributed by atoms with Gasteiger partial charge in [-0.05, 0) is 48.2 Å². The average molecular weight is 488 g/mol. The number of aromatic nitrogens is 3. The summed E-state index contributed by atoms with van der Waals surface area (Å²) in [6.07, 6.45) is 6.19. The molecule has 1 aromatic carbocycles. The van der Waals surface area contributed by atoms with E-state index in [1.165, 1.54) is 11.6 Å². The van der Waals surface area contributed by atoms with Crippen LogP contribution in [-0.4, -0.2) is 44.9 Å². The lowest BCUT2D eigenvalue weighted by Gasteiger charge is -2.40. The number of nitrogens with zero attached hydrogens (tertiary/aromatic N) is 4. The largest absolute Gasteiger partial charge is 0.391 e. The van der Waals surface area contributed by atoms with E-state index < -0.39 is 17.5 Å². The van der Waals surface area contributed by atoms with Crippen LogP contribution in [-0.2, 0) is 19.9 Å². The summed E-state index contributed by atoms with van der Waals surface area (Å²) < 4.78 is 15.8. The van der Waals surface area contributed by atoms with E-state index >= 15 is 0 Å². The van der Waals surface area contributed by atoms with E-state index in [4.69, 9.17) is 10.7 Å². The number of pyridine rings is 3. The molecule has 1 saturated heterocycles. The van der Waals surface area contributed by atoms with Crippen molar-refractivity contribution in [3.63, 3.8) is 0 Å². The third kappa shape index (κ3) is 4.62. The van der Waals surface area contributed by atoms with Crippen LogP contribution in [0.2, 0.25) is 0 Å². The molecule has 1 aliphatic rings. The minimum atomic E-state index is -0.765. The molecule has 186 valence electrons. The summed E-state index contributed by atoms with van der Waals surface area (Å²) in [4.78, 5) is 23.4. The number of rotatable bonds is 5. The predicted octanol–water partition coefficient (Wildman–Crippen LogP) is 3.06. The molecule has 8 heteroatoms. The number of anilines is 1. The number of aryl methyl sites for hydroxylation is 3. The minimum Gasteiger partial charge on any atom is -0.391 e. The Bertz CT molecular complexity index is 1460. The first-order chi connectivity index (χ1) is 17.3. The molecule has 7 nitrogen and oxygen atoms in total. The molecule has 0 bridgehead atoms. The van der Waals surface area contributed by atoms with Crippen molar-refractivity contribution in [2.24, 2.45) is 18.7 Å². The van der Waals surface area contributed by atoms with Gasteiger partial charge in [-0.3, -0.25) is 14.8 Å². The van der Waals surface area contributed by atoms with Crippen molar-refractivity contribution in [3.05, 3.63) is 88.5 Å². The van der Waals surface area contributed by atoms with Gasteiger partial charge >= 0.3 is 0 Å². The molecule has 36 heavy (non-hydrogen) atoms. The van der Waals surface area contributed by atoms with Gasteiger partial charge in [0, 0.05) is 73.0 Å². The SMILES string of the molecule is C[C@H]1CN(c2ccncc2CCc2ccc3ccc(-c4ccn(C)c(=O)c4F)cc3n2)C[C@@H](N)[C@@H]1O. The maximum Gasteiger partial charge on any atom is 0.286 e. The molecule has 4 heterocycles. The van der Waals surface area contributed by atoms with Gasteiger partial charge in [0.1, 0.15) is 0 Å². The Balaban J connectivity index is 1.39. The average Bonchev–Trinajstić information content (AvgIpc) is 2.88. The number of halogens is 1. The fraction of sp³-hybridized carbons (Fsp3) is 0.321. The minimum absolute atomic E-state index is 0.0840. The molecule has 3 aromatic heterocycles. The summed E-state index contributed by atoms with van der Waals surface area (Å²) in [7, 11) is 1.53. The third-order valence-electron chi connectivity index (χ3n) is 7.10. The fourth-order valence-corrected chi connectivity index (χ4v) is 4.98. The van der Waals surface area contributed by atoms with Crippen molar-refractivity contribution in [2.75, 3.05) is 18.0 Å². The van der Waals surface area contributed by atoms with Crippen molar-refractivity contribution in [2.45, 2.75) is 31.9 Å². The van der Waals surface area contributed by atoms with E-state index in [2.05, 4.69) is 9.88 Å². The van der Waals surface area contributed by atoms with E-state index in [0.717, 1.165) is 40.8 Å². The van der Waals surface area contributed by atoms with Crippen molar-refractivity contribution < 1.29 is 9.50 Å². The van der Waals surface area contributed by atoms with Crippen LogP contribution in [0.15, 0.2) is 65.8 Å². The monoisotopic (exact) mass is 487 g/mol. The number of hydrogen-bond acceptors (Lipinski definition) is 6. The van der Waals surface area contributed by atoms with Crippen LogP contribution in [0.1, 0.15) is 18.2 Å². The Morgan fingerprint density at radius 1 is 1.14 bits per heavy atom. The van der Waals surface area contributed by atoms with Gasteiger partial charge in [-0.1, -0.05) is 25.1 Å². The van der Waals surface area contributed by atoms with Crippen LogP contribution in [0.5, 0.6) is 0 Å². The van der Waals surface area contributed by atoms with Crippen molar-refractivity contribution in [1.82, 2.24) is 14.5 Å². The zero-order chi connectivity index (χ0) is 25.4. The van der Waals surface area contributed by atoms with Crippen LogP contribution in [0, 0.1) is 11.7 Å². The Morgan fingerprint density at radius 3 is 2.75 bits per heavy atom. The lowest BCUT2D eigenvalue weighted by atomic mass is 9.92. The summed E-state index contributed by atoms with van der Waals surface area (Å²) in [5.74, 6) is -0.681. The highest BCUT2D eigenvalue weighted by molar-refractivity contribution is 5.84. The topological polar surface area (TPSA) is 97.3 Å². The highest BCUT2D eigenvalue weighted by Gasteiger charge is 2.31. The zero-order valence-electron chi connectivity index (χ0n) is 20.4. The van der Waals surface area contributed by atoms with E-state index in [1.54, 1.807) is 18.5 Å². The van der Waals surface area contributed by atoms with Crippen LogP contribution in [0.25, 0.3) is 22.0 Å². The first-order valence-electron chi connectivity index (χ1n) is 12.2. The Kier molecular flexibility index (Phi) is 6.55. The van der Waals surface area contributed by atoms with E-state index in [9.17, 15) is 14.3 Å². The molecular formula is C28H30FN5O2. The first-order valence-corrected chi connectivity index (χ1v) is 12.2. The summed E-state index contributed by atoms with van der Waals surface area (Å²) in [5.41, 5.74) is 10.3. The van der Waals surface area contributed by atoms with E-state index in [-0.39, 0.29) is 17.5 Å². The number of benzene rings is 1. The van der Waals surface area contributed by atoms with Gasteiger partial charge in [0.05, 0.1) is 11.6 Å². The van der Waals surface area contributed by atoms with Gasteiger partial charge in [0.15, 0.2) is 5.82 Å². The van der Waals surface area contributed by atoms with Crippen LogP contribution in [0.3, 0.4) is 0 Å². The lowest BCUT2D eigenvalue weighted by Crippen LogP contribution is -2.55. The molecule has 0 amide bonds. The zero-order valence-corrected chi connectivity index (χ0v) is 20.4. The smallest absolute Gasteiger partial charge is 0.286 e. The first kappa shape index (κ1) is 24.1. The number of nitrogens with two attached hydrogens (primary N) is 1. The number of hydrogen-bond donors (Lipinski definition) is 2. The second-order valence-corrected chi connectivity index (χ2v) is 9.71. The van der Waals surface area contributed by atoms with Gasteiger partial charge in [-0.25, -0.2) is 4.39 Å². The second-order valence-electron chi connectivity index (χ2n) is 9.71. The molecule has 3 atom stereocenters. The lowest BCUT2D eigenvalue weighted by molar-refractivity contribution is 0.0784. The maximum atomic E-state index is 14.6. The quantitative estimate of drug-likeness (QED) is 0.449. The van der Waals surface area contributed by atoms with Crippen molar-refractivity contribution in [3.8, 4) is 11.1 Å². The molecule has 0 unspecified atom stereocenters. The van der Waals surface area contributed by atoms with Gasteiger partial charge in [-0.2, -0.15) is 0 Å². The molecule has 4 aromatic rings. The van der Waals surface area contributed by atoms with E-state index in [1.807, 2.05) is 49.5 Å². The van der Waals surface area contributed by atoms with Gasteiger partial charge in [-0.15, -0.1) is 0 Å². The number of aliphatic hydroxyl groups is 1. The molecule has 0 radical (unpaired) electrons. The summed E-state index contributed by atoms with van der Waals surface area (Å²) in [6.45, 7) is 3.35. The molecule has 5 rings (SSSR count). The third-order valence-corrected chi connectivity index (χ3v) is 7.10. The Hall–Kier alpha value is -3.62. The summed E-state index contributed by atoms with van der Waals surface area (Å²) in [6, 6.07) is 12.9. The summed E-state index contributed by atoms with van der Waals surface area (Å²) in [5, 5.41) is 11.2. The second kappa shape index (κ2) is 9.79. The molecule has 3 N–H and O–H groups in total. The van der Waals surface area contributed by atoms with Gasteiger partial charge in [0.2, 0.25) is 0 Å². The van der Waals surface area contributed by atoms with Crippen LogP contribution in [0.4, 0.5) is 10.1 Å². The number of fused-ring (bicyclic) bond motifs is 1. The highest BCUT2D eigenvalue weighted by Crippen LogP contribution is 2.28. The van der Waals surface area contributed by atoms with Gasteiger partial charge in [0.25, 0.3) is 5.56 Å². The van der Waals surface area contributed by atoms with Crippen LogP contribution < -0.4 is 16.2 Å². The number of piperidine rings is 1. The summed E-state index contributed by atoms with van der Waals surface area (Å²) >= 11 is 0.